The lowest BCUT2D eigenvalue weighted by molar-refractivity contribution is 0.569. The molecule has 0 amide bonds. The summed E-state index contributed by atoms with van der Waals surface area (Å²) in [6, 6.07) is 0.730. The summed E-state index contributed by atoms with van der Waals surface area (Å²) < 4.78 is 2.12. The van der Waals surface area contributed by atoms with Gasteiger partial charge in [-0.05, 0) is 12.8 Å². The van der Waals surface area contributed by atoms with Crippen molar-refractivity contribution in [3.8, 4) is 0 Å². The Labute approximate surface area is 124 Å². The predicted molar refractivity (Wildman–Crippen MR) is 82.0 cm³/mol. The molecule has 1 aliphatic carbocycles. The number of hydrogen-bond donors (Lipinski definition) is 1. The highest BCUT2D eigenvalue weighted by molar-refractivity contribution is 7.09. The molecule has 0 aliphatic heterocycles. The zero-order valence-corrected chi connectivity index (χ0v) is 13.2. The molecular formula is C15H22N4S. The van der Waals surface area contributed by atoms with Crippen LogP contribution in [0.1, 0.15) is 50.0 Å². The van der Waals surface area contributed by atoms with Crippen LogP contribution in [0.15, 0.2) is 17.9 Å². The van der Waals surface area contributed by atoms with E-state index in [1.165, 1.54) is 18.5 Å². The maximum atomic E-state index is 4.72. The molecule has 0 spiro atoms. The summed E-state index contributed by atoms with van der Waals surface area (Å²) in [5.41, 5.74) is 2.42. The Kier molecular flexibility index (Phi) is 3.65. The van der Waals surface area contributed by atoms with Gasteiger partial charge < -0.3 is 9.88 Å². The fourth-order valence-corrected chi connectivity index (χ4v) is 3.03. The smallest absolute Gasteiger partial charge is 0.113 e. The molecule has 108 valence electrons. The van der Waals surface area contributed by atoms with E-state index in [2.05, 4.69) is 47.2 Å². The molecule has 1 aliphatic rings. The fraction of sp³-hybridized carbons (Fsp3) is 0.600. The van der Waals surface area contributed by atoms with Crippen LogP contribution in [-0.4, -0.2) is 20.6 Å². The second-order valence-corrected chi connectivity index (χ2v) is 7.51. The lowest BCUT2D eigenvalue weighted by Crippen LogP contribution is -2.15. The molecule has 0 atom stereocenters. The molecule has 2 aromatic rings. The molecule has 1 N–H and O–H groups in total. The van der Waals surface area contributed by atoms with Crippen molar-refractivity contribution in [3.63, 3.8) is 0 Å². The summed E-state index contributed by atoms with van der Waals surface area (Å²) in [6.07, 6.45) is 6.65. The van der Waals surface area contributed by atoms with Gasteiger partial charge in [-0.2, -0.15) is 0 Å². The Morgan fingerprint density at radius 2 is 2.20 bits per heavy atom. The Bertz CT molecular complexity index is 575. The molecule has 1 saturated carbocycles. The van der Waals surface area contributed by atoms with Crippen LogP contribution in [-0.2, 0) is 18.5 Å². The third-order valence-electron chi connectivity index (χ3n) is 3.47. The van der Waals surface area contributed by atoms with E-state index >= 15 is 0 Å². The molecule has 0 radical (unpaired) electrons. The maximum absolute atomic E-state index is 4.72. The lowest BCUT2D eigenvalue weighted by atomic mass is 9.93. The van der Waals surface area contributed by atoms with Crippen molar-refractivity contribution in [2.75, 3.05) is 0 Å². The van der Waals surface area contributed by atoms with Crippen LogP contribution < -0.4 is 5.32 Å². The molecular weight excluding hydrogens is 268 g/mol. The molecule has 4 nitrogen and oxygen atoms in total. The largest absolute Gasteiger partial charge is 0.330 e. The molecule has 20 heavy (non-hydrogen) atoms. The third kappa shape index (κ3) is 3.46. The zero-order chi connectivity index (χ0) is 14.2. The van der Waals surface area contributed by atoms with Gasteiger partial charge in [0.15, 0.2) is 0 Å². The summed E-state index contributed by atoms with van der Waals surface area (Å²) in [7, 11) is 0. The summed E-state index contributed by atoms with van der Waals surface area (Å²) >= 11 is 1.73. The van der Waals surface area contributed by atoms with Crippen molar-refractivity contribution in [1.82, 2.24) is 19.9 Å². The molecule has 2 aromatic heterocycles. The van der Waals surface area contributed by atoms with Crippen molar-refractivity contribution in [1.29, 1.82) is 0 Å². The van der Waals surface area contributed by atoms with Gasteiger partial charge in [0, 0.05) is 29.6 Å². The quantitative estimate of drug-likeness (QED) is 0.920. The Balaban J connectivity index is 1.60. The monoisotopic (exact) mass is 290 g/mol. The number of thiazole rings is 1. The van der Waals surface area contributed by atoms with E-state index in [4.69, 9.17) is 4.98 Å². The lowest BCUT2D eigenvalue weighted by Gasteiger charge is -2.14. The average Bonchev–Trinajstić information content (AvgIpc) is 2.89. The third-order valence-corrected chi connectivity index (χ3v) is 4.31. The number of imidazole rings is 1. The molecule has 0 aromatic carbocycles. The summed E-state index contributed by atoms with van der Waals surface area (Å²) in [4.78, 5) is 9.17. The first-order valence-electron chi connectivity index (χ1n) is 7.19. The van der Waals surface area contributed by atoms with Crippen LogP contribution in [0.25, 0.3) is 0 Å². The molecule has 2 heterocycles. The van der Waals surface area contributed by atoms with Gasteiger partial charge in [-0.25, -0.2) is 9.97 Å². The van der Waals surface area contributed by atoms with Gasteiger partial charge in [0.2, 0.25) is 0 Å². The van der Waals surface area contributed by atoms with Gasteiger partial charge in [-0.1, -0.05) is 20.8 Å². The standard InChI is InChI=1S/C15H22N4S/c1-15(2,3)13-9-20-14(18-13)8-19-7-12(17-10-19)6-16-11-4-5-11/h7,9-11,16H,4-6,8H2,1-3H3. The molecule has 0 saturated heterocycles. The topological polar surface area (TPSA) is 42.7 Å². The van der Waals surface area contributed by atoms with Crippen LogP contribution in [0.5, 0.6) is 0 Å². The van der Waals surface area contributed by atoms with E-state index in [0.29, 0.717) is 0 Å². The van der Waals surface area contributed by atoms with Gasteiger partial charge in [-0.3, -0.25) is 0 Å². The fourth-order valence-electron chi connectivity index (χ4n) is 2.00. The number of rotatable bonds is 5. The van der Waals surface area contributed by atoms with Gasteiger partial charge in [-0.15, -0.1) is 11.3 Å². The molecule has 1 fully saturated rings. The molecule has 0 bridgehead atoms. The van der Waals surface area contributed by atoms with Crippen LogP contribution in [0, 0.1) is 0 Å². The number of nitrogens with one attached hydrogen (secondary N) is 1. The number of nitrogens with zero attached hydrogens (tertiary/aromatic N) is 3. The second kappa shape index (κ2) is 5.30. The first-order chi connectivity index (χ1) is 9.50. The van der Waals surface area contributed by atoms with Gasteiger partial charge >= 0.3 is 0 Å². The van der Waals surface area contributed by atoms with Crippen LogP contribution in [0.2, 0.25) is 0 Å². The summed E-state index contributed by atoms with van der Waals surface area (Å²) in [6.45, 7) is 8.29. The molecule has 0 unspecified atom stereocenters. The maximum Gasteiger partial charge on any atom is 0.113 e. The van der Waals surface area contributed by atoms with Crippen molar-refractivity contribution < 1.29 is 0 Å². The molecule has 3 rings (SSSR count). The van der Waals surface area contributed by atoms with Gasteiger partial charge in [0.25, 0.3) is 0 Å². The first-order valence-corrected chi connectivity index (χ1v) is 8.07. The zero-order valence-electron chi connectivity index (χ0n) is 12.4. The van der Waals surface area contributed by atoms with Crippen LogP contribution >= 0.6 is 11.3 Å². The van der Waals surface area contributed by atoms with E-state index in [1.807, 2.05) is 6.33 Å². The SMILES string of the molecule is CC(C)(C)c1csc(Cn2cnc(CNC3CC3)c2)n1. The van der Waals surface area contributed by atoms with E-state index in [9.17, 15) is 0 Å². The average molecular weight is 290 g/mol. The van der Waals surface area contributed by atoms with Crippen molar-refractivity contribution >= 4 is 11.3 Å². The van der Waals surface area contributed by atoms with Crippen molar-refractivity contribution in [3.05, 3.63) is 34.3 Å². The van der Waals surface area contributed by atoms with E-state index in [-0.39, 0.29) is 5.41 Å². The molecule has 5 heteroatoms. The minimum absolute atomic E-state index is 0.128. The highest BCUT2D eigenvalue weighted by Crippen LogP contribution is 2.24. The van der Waals surface area contributed by atoms with Crippen molar-refractivity contribution in [2.45, 2.75) is 58.2 Å². The van der Waals surface area contributed by atoms with Gasteiger partial charge in [0.1, 0.15) is 5.01 Å². The summed E-state index contributed by atoms with van der Waals surface area (Å²) in [5.74, 6) is 0. The second-order valence-electron chi connectivity index (χ2n) is 6.57. The highest BCUT2D eigenvalue weighted by atomic mass is 32.1. The Morgan fingerprint density at radius 3 is 2.85 bits per heavy atom. The number of aromatic nitrogens is 3. The Morgan fingerprint density at radius 1 is 1.40 bits per heavy atom. The Hall–Kier alpha value is -1.20. The predicted octanol–water partition coefficient (Wildman–Crippen LogP) is 2.94. The van der Waals surface area contributed by atoms with Crippen LogP contribution in [0.4, 0.5) is 0 Å². The minimum atomic E-state index is 0.128. The minimum Gasteiger partial charge on any atom is -0.330 e. The number of hydrogen-bond acceptors (Lipinski definition) is 4. The normalized spacial score (nSPS) is 15.8. The van der Waals surface area contributed by atoms with E-state index < -0.39 is 0 Å². The van der Waals surface area contributed by atoms with Crippen LogP contribution in [0.3, 0.4) is 0 Å². The summed E-state index contributed by atoms with van der Waals surface area (Å²) in [5, 5.41) is 6.80. The highest BCUT2D eigenvalue weighted by Gasteiger charge is 2.20. The first kappa shape index (κ1) is 13.8. The van der Waals surface area contributed by atoms with Gasteiger partial charge in [0.05, 0.1) is 24.3 Å². The van der Waals surface area contributed by atoms with E-state index in [1.54, 1.807) is 11.3 Å². The van der Waals surface area contributed by atoms with E-state index in [0.717, 1.165) is 29.8 Å². The van der Waals surface area contributed by atoms with Crippen molar-refractivity contribution in [2.24, 2.45) is 0 Å².